The summed E-state index contributed by atoms with van der Waals surface area (Å²) in [5.74, 6) is 0.111. The van der Waals surface area contributed by atoms with Gasteiger partial charge in [-0.25, -0.2) is 4.98 Å². The van der Waals surface area contributed by atoms with Gasteiger partial charge in [-0.3, -0.25) is 0 Å². The molecule has 10 heteroatoms. The highest BCUT2D eigenvalue weighted by molar-refractivity contribution is 9.10. The Morgan fingerprint density at radius 3 is 2.72 bits per heavy atom. The highest BCUT2D eigenvalue weighted by Gasteiger charge is 2.34. The number of nitrogens with zero attached hydrogens (tertiary/aromatic N) is 5. The van der Waals surface area contributed by atoms with E-state index >= 15 is 0 Å². The molecule has 3 rings (SSSR count). The lowest BCUT2D eigenvalue weighted by Crippen LogP contribution is -2.26. The van der Waals surface area contributed by atoms with Gasteiger partial charge in [0.1, 0.15) is 17.9 Å². The van der Waals surface area contributed by atoms with Crippen LogP contribution in [0.15, 0.2) is 35.1 Å². The van der Waals surface area contributed by atoms with E-state index in [9.17, 15) is 18.3 Å². The van der Waals surface area contributed by atoms with E-state index in [1.165, 1.54) is 10.6 Å². The van der Waals surface area contributed by atoms with E-state index in [-0.39, 0.29) is 23.9 Å². The Morgan fingerprint density at radius 2 is 2.04 bits per heavy atom. The minimum Gasteiger partial charge on any atom is -0.508 e. The van der Waals surface area contributed by atoms with Crippen LogP contribution < -0.4 is 4.90 Å². The van der Waals surface area contributed by atoms with Gasteiger partial charge in [0.2, 0.25) is 0 Å². The Morgan fingerprint density at radius 1 is 1.28 bits per heavy atom. The van der Waals surface area contributed by atoms with Crippen LogP contribution in [-0.2, 0) is 12.7 Å². The Hall–Kier alpha value is -2.36. The first-order chi connectivity index (χ1) is 11.8. The number of rotatable bonds is 4. The van der Waals surface area contributed by atoms with E-state index in [1.54, 1.807) is 24.0 Å². The number of alkyl halides is 3. The van der Waals surface area contributed by atoms with E-state index in [0.29, 0.717) is 12.1 Å². The number of aromatic nitrogens is 4. The third-order valence-electron chi connectivity index (χ3n) is 3.63. The Bertz CT molecular complexity index is 912. The number of hydrogen-bond donors (Lipinski definition) is 1. The second kappa shape index (κ2) is 6.51. The van der Waals surface area contributed by atoms with E-state index < -0.39 is 11.9 Å². The highest BCUT2D eigenvalue weighted by atomic mass is 79.9. The fraction of sp³-hybridized carbons (Fsp3) is 0.267. The molecule has 0 atom stereocenters. The van der Waals surface area contributed by atoms with Gasteiger partial charge in [-0.05, 0) is 25.1 Å². The molecule has 2 aromatic heterocycles. The van der Waals surface area contributed by atoms with E-state index in [0.717, 1.165) is 16.9 Å². The van der Waals surface area contributed by atoms with Crippen molar-refractivity contribution in [1.29, 1.82) is 0 Å². The molecule has 3 aromatic rings. The van der Waals surface area contributed by atoms with E-state index in [2.05, 4.69) is 31.0 Å². The van der Waals surface area contributed by atoms with Crippen LogP contribution >= 0.6 is 15.9 Å². The molecular formula is C15H13BrF3N5O. The average molecular weight is 416 g/mol. The average Bonchev–Trinajstić information content (AvgIpc) is 3.02. The summed E-state index contributed by atoms with van der Waals surface area (Å²) in [6.45, 7) is 2.38. The Kier molecular flexibility index (Phi) is 4.55. The van der Waals surface area contributed by atoms with Crippen molar-refractivity contribution >= 4 is 27.5 Å². The third kappa shape index (κ3) is 3.53. The number of phenolic OH excluding ortho intramolecular Hbond substituents is 1. The lowest BCUT2D eigenvalue weighted by molar-refractivity contribution is -0.141. The van der Waals surface area contributed by atoms with Gasteiger partial charge in [0, 0.05) is 29.2 Å². The molecule has 1 aromatic carbocycles. The maximum absolute atomic E-state index is 13.1. The molecule has 0 aliphatic heterocycles. The van der Waals surface area contributed by atoms with Crippen LogP contribution in [0.5, 0.6) is 5.75 Å². The summed E-state index contributed by atoms with van der Waals surface area (Å²) in [7, 11) is 0. The summed E-state index contributed by atoms with van der Waals surface area (Å²) in [4.78, 5) is 8.92. The number of phenols is 1. The molecule has 0 saturated heterocycles. The molecule has 0 fully saturated rings. The number of hydrogen-bond acceptors (Lipinski definition) is 5. The predicted octanol–water partition coefficient (Wildman–Crippen LogP) is 3.64. The summed E-state index contributed by atoms with van der Waals surface area (Å²) >= 11 is 3.32. The van der Waals surface area contributed by atoms with Crippen LogP contribution in [-0.4, -0.2) is 31.2 Å². The van der Waals surface area contributed by atoms with E-state index in [4.69, 9.17) is 0 Å². The molecule has 0 aliphatic rings. The molecule has 2 heterocycles. The maximum atomic E-state index is 13.1. The van der Waals surface area contributed by atoms with Crippen molar-refractivity contribution in [3.8, 4) is 5.75 Å². The Balaban J connectivity index is 2.08. The monoisotopic (exact) mass is 415 g/mol. The van der Waals surface area contributed by atoms with Crippen molar-refractivity contribution < 1.29 is 18.3 Å². The minimum absolute atomic E-state index is 0.0570. The zero-order chi connectivity index (χ0) is 18.2. The molecule has 0 bridgehead atoms. The second-order valence-corrected chi connectivity index (χ2v) is 6.17. The van der Waals surface area contributed by atoms with Gasteiger partial charge in [0.05, 0.1) is 0 Å². The molecule has 0 saturated carbocycles. The molecule has 6 nitrogen and oxygen atoms in total. The molecule has 1 N–H and O–H groups in total. The number of aromatic hydroxyl groups is 1. The smallest absolute Gasteiger partial charge is 0.433 e. The van der Waals surface area contributed by atoms with Crippen molar-refractivity contribution in [3.05, 3.63) is 46.3 Å². The molecule has 132 valence electrons. The van der Waals surface area contributed by atoms with Crippen molar-refractivity contribution in [3.63, 3.8) is 0 Å². The topological polar surface area (TPSA) is 66.5 Å². The fourth-order valence-corrected chi connectivity index (χ4v) is 2.82. The molecule has 0 aliphatic carbocycles. The summed E-state index contributed by atoms with van der Waals surface area (Å²) < 4.78 is 41.4. The maximum Gasteiger partial charge on any atom is 0.433 e. The van der Waals surface area contributed by atoms with Crippen molar-refractivity contribution in [2.75, 3.05) is 11.4 Å². The molecule has 0 unspecified atom stereocenters. The largest absolute Gasteiger partial charge is 0.508 e. The molecular weight excluding hydrogens is 403 g/mol. The van der Waals surface area contributed by atoms with Crippen LogP contribution in [0.25, 0.3) is 5.78 Å². The summed E-state index contributed by atoms with van der Waals surface area (Å²) in [6, 6.07) is 5.84. The third-order valence-corrected chi connectivity index (χ3v) is 4.13. The van der Waals surface area contributed by atoms with E-state index in [1.807, 2.05) is 0 Å². The first-order valence-corrected chi connectivity index (χ1v) is 8.09. The predicted molar refractivity (Wildman–Crippen MR) is 88.3 cm³/mol. The fourth-order valence-electron chi connectivity index (χ4n) is 2.41. The van der Waals surface area contributed by atoms with Crippen LogP contribution in [0.2, 0.25) is 0 Å². The number of fused-ring (bicyclic) bond motifs is 1. The Labute approximate surface area is 149 Å². The molecule has 0 spiro atoms. The lowest BCUT2D eigenvalue weighted by atomic mass is 10.2. The van der Waals surface area contributed by atoms with Gasteiger partial charge in [-0.2, -0.15) is 27.8 Å². The van der Waals surface area contributed by atoms with Gasteiger partial charge < -0.3 is 10.0 Å². The number of benzene rings is 1. The molecule has 0 radical (unpaired) electrons. The normalized spacial score (nSPS) is 11.9. The van der Waals surface area contributed by atoms with Crippen molar-refractivity contribution in [1.82, 2.24) is 19.6 Å². The zero-order valence-electron chi connectivity index (χ0n) is 13.0. The van der Waals surface area contributed by atoms with Crippen molar-refractivity contribution in [2.45, 2.75) is 19.6 Å². The van der Waals surface area contributed by atoms with Crippen LogP contribution in [0.1, 0.15) is 18.2 Å². The van der Waals surface area contributed by atoms with Gasteiger partial charge in [0.15, 0.2) is 5.69 Å². The van der Waals surface area contributed by atoms with Crippen LogP contribution in [0.4, 0.5) is 19.0 Å². The zero-order valence-corrected chi connectivity index (χ0v) is 14.6. The quantitative estimate of drug-likeness (QED) is 0.704. The highest BCUT2D eigenvalue weighted by Crippen LogP contribution is 2.31. The van der Waals surface area contributed by atoms with Gasteiger partial charge >= 0.3 is 6.18 Å². The standard InChI is InChI=1S/C15H13BrF3N5O/c1-2-23(7-9-5-10(16)3-4-11(9)25)13-6-12(15(17,18)19)22-14-20-8-21-24(13)14/h3-6,8,25H,2,7H2,1H3. The number of halogens is 4. The SMILES string of the molecule is CCN(Cc1cc(Br)ccc1O)c1cc(C(F)(F)F)nc2ncnn12. The minimum atomic E-state index is -4.60. The molecule has 0 amide bonds. The number of anilines is 1. The summed E-state index contributed by atoms with van der Waals surface area (Å²) in [6.07, 6.45) is -3.45. The van der Waals surface area contributed by atoms with Crippen LogP contribution in [0, 0.1) is 0 Å². The molecule has 25 heavy (non-hydrogen) atoms. The lowest BCUT2D eigenvalue weighted by Gasteiger charge is -2.24. The van der Waals surface area contributed by atoms with Gasteiger partial charge in [-0.1, -0.05) is 15.9 Å². The summed E-state index contributed by atoms with van der Waals surface area (Å²) in [5.41, 5.74) is -0.477. The first-order valence-electron chi connectivity index (χ1n) is 7.30. The van der Waals surface area contributed by atoms with Gasteiger partial charge in [-0.15, -0.1) is 0 Å². The second-order valence-electron chi connectivity index (χ2n) is 5.26. The summed E-state index contributed by atoms with van der Waals surface area (Å²) in [5, 5.41) is 14.0. The van der Waals surface area contributed by atoms with Crippen molar-refractivity contribution in [2.24, 2.45) is 0 Å². The van der Waals surface area contributed by atoms with Crippen LogP contribution in [0.3, 0.4) is 0 Å². The van der Waals surface area contributed by atoms with Gasteiger partial charge in [0.25, 0.3) is 5.78 Å². The first kappa shape index (κ1) is 17.5.